The van der Waals surface area contributed by atoms with Crippen LogP contribution in [0.15, 0.2) is 58.5 Å². The first-order valence-corrected chi connectivity index (χ1v) is 7.85. The molecule has 3 nitrogen and oxygen atoms in total. The Hall–Kier alpha value is -2.07. The quantitative estimate of drug-likeness (QED) is 0.775. The number of benzene rings is 1. The van der Waals surface area contributed by atoms with Crippen LogP contribution in [0.5, 0.6) is 0 Å². The summed E-state index contributed by atoms with van der Waals surface area (Å²) in [4.78, 5) is 4.53. The van der Waals surface area contributed by atoms with Gasteiger partial charge < -0.3 is 10.6 Å². The maximum atomic E-state index is 4.53. The summed E-state index contributed by atoms with van der Waals surface area (Å²) in [5.41, 5.74) is 4.42. The van der Waals surface area contributed by atoms with Crippen molar-refractivity contribution in [3.8, 4) is 0 Å². The van der Waals surface area contributed by atoms with Crippen molar-refractivity contribution in [2.75, 3.05) is 12.4 Å². The predicted octanol–water partition coefficient (Wildman–Crippen LogP) is 4.42. The summed E-state index contributed by atoms with van der Waals surface area (Å²) >= 11 is 1.67. The molecule has 1 aromatic carbocycles. The van der Waals surface area contributed by atoms with Gasteiger partial charge in [-0.1, -0.05) is 18.7 Å². The summed E-state index contributed by atoms with van der Waals surface area (Å²) in [7, 11) is 1.92. The molecular formula is C17H21N3S. The third-order valence-corrected chi connectivity index (χ3v) is 3.98. The van der Waals surface area contributed by atoms with Gasteiger partial charge in [0.1, 0.15) is 5.82 Å². The van der Waals surface area contributed by atoms with Gasteiger partial charge in [-0.15, -0.1) is 0 Å². The SMILES string of the molecule is C=C(N=C(C)c1ccsc1)NC(C)c1cccc(NC)c1. The van der Waals surface area contributed by atoms with Gasteiger partial charge in [-0.25, -0.2) is 4.99 Å². The lowest BCUT2D eigenvalue weighted by Gasteiger charge is -2.16. The molecule has 2 aromatic rings. The molecule has 0 saturated carbocycles. The molecule has 0 spiro atoms. The van der Waals surface area contributed by atoms with Crippen LogP contribution in [0.2, 0.25) is 0 Å². The number of rotatable bonds is 6. The highest BCUT2D eigenvalue weighted by molar-refractivity contribution is 7.08. The lowest BCUT2D eigenvalue weighted by Crippen LogP contribution is -2.17. The van der Waals surface area contributed by atoms with Gasteiger partial charge in [0, 0.05) is 30.1 Å². The molecular weight excluding hydrogens is 278 g/mol. The van der Waals surface area contributed by atoms with Crippen LogP contribution >= 0.6 is 11.3 Å². The zero-order valence-electron chi connectivity index (χ0n) is 12.7. The molecule has 1 aromatic heterocycles. The van der Waals surface area contributed by atoms with Crippen LogP contribution in [-0.4, -0.2) is 12.8 Å². The van der Waals surface area contributed by atoms with Crippen molar-refractivity contribution in [3.63, 3.8) is 0 Å². The molecule has 2 rings (SSSR count). The molecule has 1 heterocycles. The normalized spacial score (nSPS) is 12.8. The van der Waals surface area contributed by atoms with Crippen molar-refractivity contribution in [2.45, 2.75) is 19.9 Å². The highest BCUT2D eigenvalue weighted by atomic mass is 32.1. The van der Waals surface area contributed by atoms with E-state index in [9.17, 15) is 0 Å². The molecule has 0 aliphatic carbocycles. The van der Waals surface area contributed by atoms with Gasteiger partial charge in [0.25, 0.3) is 0 Å². The maximum Gasteiger partial charge on any atom is 0.119 e. The van der Waals surface area contributed by atoms with Crippen molar-refractivity contribution >= 4 is 22.7 Å². The van der Waals surface area contributed by atoms with Gasteiger partial charge in [-0.2, -0.15) is 11.3 Å². The molecule has 1 atom stereocenters. The monoisotopic (exact) mass is 299 g/mol. The second-order valence-corrected chi connectivity index (χ2v) is 5.68. The molecule has 0 aliphatic rings. The Kier molecular flexibility index (Phi) is 5.17. The first-order valence-electron chi connectivity index (χ1n) is 6.91. The Labute approximate surface area is 130 Å². The largest absolute Gasteiger partial charge is 0.388 e. The summed E-state index contributed by atoms with van der Waals surface area (Å²) in [5.74, 6) is 0.682. The van der Waals surface area contributed by atoms with E-state index in [4.69, 9.17) is 0 Å². The van der Waals surface area contributed by atoms with Crippen LogP contribution in [0.4, 0.5) is 5.69 Å². The summed E-state index contributed by atoms with van der Waals surface area (Å²) in [5, 5.41) is 10.6. The molecule has 0 radical (unpaired) electrons. The number of nitrogens with zero attached hydrogens (tertiary/aromatic N) is 1. The van der Waals surface area contributed by atoms with Crippen LogP contribution in [0, 0.1) is 0 Å². The van der Waals surface area contributed by atoms with Gasteiger partial charge in [0.05, 0.1) is 0 Å². The molecule has 0 aliphatic heterocycles. The fourth-order valence-electron chi connectivity index (χ4n) is 2.07. The maximum absolute atomic E-state index is 4.53. The zero-order chi connectivity index (χ0) is 15.2. The van der Waals surface area contributed by atoms with E-state index in [-0.39, 0.29) is 6.04 Å². The van der Waals surface area contributed by atoms with E-state index in [0.29, 0.717) is 5.82 Å². The fraction of sp³-hybridized carbons (Fsp3) is 0.235. The minimum atomic E-state index is 0.157. The van der Waals surface area contributed by atoms with Crippen molar-refractivity contribution in [2.24, 2.45) is 4.99 Å². The van der Waals surface area contributed by atoms with E-state index in [2.05, 4.69) is 58.1 Å². The molecule has 110 valence electrons. The van der Waals surface area contributed by atoms with E-state index in [1.807, 2.05) is 26.1 Å². The van der Waals surface area contributed by atoms with Crippen LogP contribution in [0.1, 0.15) is 31.0 Å². The summed E-state index contributed by atoms with van der Waals surface area (Å²) in [6, 6.07) is 10.5. The standard InChI is InChI=1S/C17H21N3S/c1-12(15-6-5-7-17(10-15)18-4)19-14(3)20-13(2)16-8-9-21-11-16/h5-12,18-19H,3H2,1-2,4H3. The number of nitrogens with one attached hydrogen (secondary N) is 2. The van der Waals surface area contributed by atoms with Crippen molar-refractivity contribution in [1.29, 1.82) is 0 Å². The highest BCUT2D eigenvalue weighted by Crippen LogP contribution is 2.18. The van der Waals surface area contributed by atoms with E-state index >= 15 is 0 Å². The van der Waals surface area contributed by atoms with E-state index in [0.717, 1.165) is 17.0 Å². The Morgan fingerprint density at radius 3 is 2.81 bits per heavy atom. The molecule has 0 fully saturated rings. The second-order valence-electron chi connectivity index (χ2n) is 4.90. The van der Waals surface area contributed by atoms with Gasteiger partial charge in [-0.3, -0.25) is 0 Å². The lowest BCUT2D eigenvalue weighted by atomic mass is 10.1. The van der Waals surface area contributed by atoms with Crippen molar-refractivity contribution < 1.29 is 0 Å². The summed E-state index contributed by atoms with van der Waals surface area (Å²) < 4.78 is 0. The second kappa shape index (κ2) is 7.09. The van der Waals surface area contributed by atoms with E-state index in [1.165, 1.54) is 5.56 Å². The fourth-order valence-corrected chi connectivity index (χ4v) is 2.77. The van der Waals surface area contributed by atoms with Crippen LogP contribution < -0.4 is 10.6 Å². The Morgan fingerprint density at radius 1 is 1.33 bits per heavy atom. The van der Waals surface area contributed by atoms with Crippen LogP contribution in [-0.2, 0) is 0 Å². The molecule has 0 amide bonds. The first-order chi connectivity index (χ1) is 10.1. The molecule has 2 N–H and O–H groups in total. The predicted molar refractivity (Wildman–Crippen MR) is 93.2 cm³/mol. The highest BCUT2D eigenvalue weighted by Gasteiger charge is 2.06. The smallest absolute Gasteiger partial charge is 0.119 e. The van der Waals surface area contributed by atoms with Crippen LogP contribution in [0.3, 0.4) is 0 Å². The Balaban J connectivity index is 2.03. The summed E-state index contributed by atoms with van der Waals surface area (Å²) in [6.45, 7) is 8.11. The average Bonchev–Trinajstić information content (AvgIpc) is 3.01. The molecule has 1 unspecified atom stereocenters. The number of thiophene rings is 1. The molecule has 0 bridgehead atoms. The number of anilines is 1. The van der Waals surface area contributed by atoms with Gasteiger partial charge >= 0.3 is 0 Å². The first kappa shape index (κ1) is 15.3. The number of aliphatic imine (C=N–C) groups is 1. The average molecular weight is 299 g/mol. The third-order valence-electron chi connectivity index (χ3n) is 3.30. The van der Waals surface area contributed by atoms with Crippen molar-refractivity contribution in [1.82, 2.24) is 5.32 Å². The minimum absolute atomic E-state index is 0.157. The van der Waals surface area contributed by atoms with Gasteiger partial charge in [0.15, 0.2) is 0 Å². The lowest BCUT2D eigenvalue weighted by molar-refractivity contribution is 0.650. The third kappa shape index (κ3) is 4.20. The Morgan fingerprint density at radius 2 is 2.14 bits per heavy atom. The number of hydrogen-bond acceptors (Lipinski definition) is 4. The topological polar surface area (TPSA) is 36.4 Å². The van der Waals surface area contributed by atoms with Crippen LogP contribution in [0.25, 0.3) is 0 Å². The zero-order valence-corrected chi connectivity index (χ0v) is 13.5. The van der Waals surface area contributed by atoms with E-state index in [1.54, 1.807) is 11.3 Å². The molecule has 4 heteroatoms. The van der Waals surface area contributed by atoms with Gasteiger partial charge in [-0.05, 0) is 48.4 Å². The van der Waals surface area contributed by atoms with Gasteiger partial charge in [0.2, 0.25) is 0 Å². The molecule has 0 saturated heterocycles. The minimum Gasteiger partial charge on any atom is -0.388 e. The molecule has 21 heavy (non-hydrogen) atoms. The Bertz CT molecular complexity index is 629. The van der Waals surface area contributed by atoms with E-state index < -0.39 is 0 Å². The summed E-state index contributed by atoms with van der Waals surface area (Å²) in [6.07, 6.45) is 0. The number of hydrogen-bond donors (Lipinski definition) is 2. The van der Waals surface area contributed by atoms with Crippen molar-refractivity contribution in [3.05, 3.63) is 64.6 Å².